The summed E-state index contributed by atoms with van der Waals surface area (Å²) in [5.41, 5.74) is 13.4. The lowest BCUT2D eigenvalue weighted by molar-refractivity contribution is -0.122. The average molecular weight is 312 g/mol. The molecule has 0 unspecified atom stereocenters. The van der Waals surface area contributed by atoms with Crippen molar-refractivity contribution in [3.63, 3.8) is 0 Å². The van der Waals surface area contributed by atoms with Crippen molar-refractivity contribution in [2.75, 3.05) is 18.0 Å². The summed E-state index contributed by atoms with van der Waals surface area (Å²) >= 11 is 3.49. The lowest BCUT2D eigenvalue weighted by Gasteiger charge is -2.33. The standard InChI is InChI=1S/C13H18BrN3O/c14-11-2-1-10(8-15)12(7-11)17-5-3-9(4-6-17)13(16)18/h1-2,7,9H,3-6,8,15H2,(H2,16,18). The number of anilines is 1. The Morgan fingerprint density at radius 1 is 1.39 bits per heavy atom. The van der Waals surface area contributed by atoms with Gasteiger partial charge in [-0.2, -0.15) is 0 Å². The van der Waals surface area contributed by atoms with E-state index in [-0.39, 0.29) is 11.8 Å². The summed E-state index contributed by atoms with van der Waals surface area (Å²) in [6.45, 7) is 2.24. The predicted octanol–water partition coefficient (Wildman–Crippen LogP) is 1.61. The minimum absolute atomic E-state index is 0.0229. The van der Waals surface area contributed by atoms with Crippen LogP contribution in [-0.2, 0) is 11.3 Å². The van der Waals surface area contributed by atoms with E-state index in [1.807, 2.05) is 12.1 Å². The zero-order valence-corrected chi connectivity index (χ0v) is 11.8. The minimum Gasteiger partial charge on any atom is -0.371 e. The highest BCUT2D eigenvalue weighted by Gasteiger charge is 2.24. The first-order valence-corrected chi connectivity index (χ1v) is 6.94. The molecule has 18 heavy (non-hydrogen) atoms. The van der Waals surface area contributed by atoms with E-state index in [0.717, 1.165) is 41.7 Å². The van der Waals surface area contributed by atoms with Crippen LogP contribution in [0.15, 0.2) is 22.7 Å². The van der Waals surface area contributed by atoms with Crippen LogP contribution in [0.5, 0.6) is 0 Å². The molecule has 0 bridgehead atoms. The third kappa shape index (κ3) is 2.84. The Hall–Kier alpha value is -1.07. The van der Waals surface area contributed by atoms with E-state index in [2.05, 4.69) is 26.9 Å². The van der Waals surface area contributed by atoms with Crippen LogP contribution in [0.4, 0.5) is 5.69 Å². The molecular weight excluding hydrogens is 294 g/mol. The lowest BCUT2D eigenvalue weighted by atomic mass is 9.95. The van der Waals surface area contributed by atoms with Crippen LogP contribution in [0, 0.1) is 5.92 Å². The Morgan fingerprint density at radius 2 is 2.06 bits per heavy atom. The Labute approximate surface area is 115 Å². The lowest BCUT2D eigenvalue weighted by Crippen LogP contribution is -2.39. The second kappa shape index (κ2) is 5.71. The average Bonchev–Trinajstić information content (AvgIpc) is 2.39. The number of hydrogen-bond donors (Lipinski definition) is 2. The number of rotatable bonds is 3. The fourth-order valence-corrected chi connectivity index (χ4v) is 2.76. The Morgan fingerprint density at radius 3 is 2.61 bits per heavy atom. The predicted molar refractivity (Wildman–Crippen MR) is 76.2 cm³/mol. The molecule has 98 valence electrons. The molecule has 1 saturated heterocycles. The van der Waals surface area contributed by atoms with Crippen LogP contribution in [0.2, 0.25) is 0 Å². The number of halogens is 1. The molecule has 5 heteroatoms. The van der Waals surface area contributed by atoms with Gasteiger partial charge in [-0.15, -0.1) is 0 Å². The van der Waals surface area contributed by atoms with Gasteiger partial charge in [-0.05, 0) is 30.5 Å². The molecular formula is C13H18BrN3O. The van der Waals surface area contributed by atoms with Gasteiger partial charge in [0.15, 0.2) is 0 Å². The fourth-order valence-electron chi connectivity index (χ4n) is 2.41. The van der Waals surface area contributed by atoms with Crippen molar-refractivity contribution in [1.29, 1.82) is 0 Å². The molecule has 1 amide bonds. The number of carbonyl (C=O) groups excluding carboxylic acids is 1. The summed E-state index contributed by atoms with van der Waals surface area (Å²) in [5, 5.41) is 0. The van der Waals surface area contributed by atoms with Crippen molar-refractivity contribution in [3.05, 3.63) is 28.2 Å². The third-order valence-corrected chi connectivity index (χ3v) is 4.00. The van der Waals surface area contributed by atoms with Gasteiger partial charge in [-0.1, -0.05) is 22.0 Å². The Kier molecular flexibility index (Phi) is 4.24. The molecule has 1 aliphatic heterocycles. The highest BCUT2D eigenvalue weighted by atomic mass is 79.9. The number of hydrogen-bond acceptors (Lipinski definition) is 3. The largest absolute Gasteiger partial charge is 0.371 e. The van der Waals surface area contributed by atoms with Gasteiger partial charge in [0.2, 0.25) is 5.91 Å². The van der Waals surface area contributed by atoms with Crippen molar-refractivity contribution in [1.82, 2.24) is 0 Å². The summed E-state index contributed by atoms with van der Waals surface area (Å²) in [6, 6.07) is 6.13. The van der Waals surface area contributed by atoms with Gasteiger partial charge in [-0.25, -0.2) is 0 Å². The topological polar surface area (TPSA) is 72.3 Å². The maximum Gasteiger partial charge on any atom is 0.220 e. The Bertz CT molecular complexity index is 442. The molecule has 1 aromatic carbocycles. The van der Waals surface area contributed by atoms with E-state index in [4.69, 9.17) is 11.5 Å². The van der Waals surface area contributed by atoms with E-state index in [9.17, 15) is 4.79 Å². The van der Waals surface area contributed by atoms with Crippen molar-refractivity contribution < 1.29 is 4.79 Å². The summed E-state index contributed by atoms with van der Waals surface area (Å²) in [6.07, 6.45) is 1.65. The summed E-state index contributed by atoms with van der Waals surface area (Å²) in [4.78, 5) is 13.4. The number of carbonyl (C=O) groups is 1. The molecule has 0 spiro atoms. The van der Waals surface area contributed by atoms with Gasteiger partial charge in [0, 0.05) is 35.7 Å². The van der Waals surface area contributed by atoms with Crippen LogP contribution in [0.3, 0.4) is 0 Å². The first kappa shape index (κ1) is 13.4. The number of nitrogens with zero attached hydrogens (tertiary/aromatic N) is 1. The zero-order chi connectivity index (χ0) is 13.1. The molecule has 2 rings (SSSR count). The number of nitrogens with two attached hydrogens (primary N) is 2. The van der Waals surface area contributed by atoms with Crippen molar-refractivity contribution in [2.45, 2.75) is 19.4 Å². The van der Waals surface area contributed by atoms with E-state index in [1.165, 1.54) is 0 Å². The first-order chi connectivity index (χ1) is 8.61. The van der Waals surface area contributed by atoms with Crippen LogP contribution in [0.1, 0.15) is 18.4 Å². The summed E-state index contributed by atoms with van der Waals surface area (Å²) in [7, 11) is 0. The van der Waals surface area contributed by atoms with Crippen LogP contribution in [-0.4, -0.2) is 19.0 Å². The smallest absolute Gasteiger partial charge is 0.220 e. The second-order valence-electron chi connectivity index (χ2n) is 4.64. The number of amides is 1. The van der Waals surface area contributed by atoms with Gasteiger partial charge in [0.25, 0.3) is 0 Å². The summed E-state index contributed by atoms with van der Waals surface area (Å²) in [5.74, 6) is -0.155. The highest BCUT2D eigenvalue weighted by Crippen LogP contribution is 2.28. The van der Waals surface area contributed by atoms with Crippen LogP contribution < -0.4 is 16.4 Å². The van der Waals surface area contributed by atoms with Gasteiger partial charge in [0.05, 0.1) is 0 Å². The molecule has 1 aromatic rings. The van der Waals surface area contributed by atoms with Gasteiger partial charge in [-0.3, -0.25) is 4.79 Å². The molecule has 1 fully saturated rings. The third-order valence-electron chi connectivity index (χ3n) is 3.51. The maximum absolute atomic E-state index is 11.2. The molecule has 1 aliphatic rings. The van der Waals surface area contributed by atoms with Gasteiger partial charge < -0.3 is 16.4 Å². The summed E-state index contributed by atoms with van der Waals surface area (Å²) < 4.78 is 1.05. The SMILES string of the molecule is NCc1ccc(Br)cc1N1CCC(C(N)=O)CC1. The molecule has 0 radical (unpaired) electrons. The number of benzene rings is 1. The molecule has 0 aromatic heterocycles. The first-order valence-electron chi connectivity index (χ1n) is 6.14. The normalized spacial score (nSPS) is 16.9. The van der Waals surface area contributed by atoms with Crippen molar-refractivity contribution >= 4 is 27.5 Å². The zero-order valence-electron chi connectivity index (χ0n) is 10.2. The molecule has 0 aliphatic carbocycles. The number of primary amides is 1. The van der Waals surface area contributed by atoms with E-state index < -0.39 is 0 Å². The maximum atomic E-state index is 11.2. The van der Waals surface area contributed by atoms with E-state index in [0.29, 0.717) is 6.54 Å². The highest BCUT2D eigenvalue weighted by molar-refractivity contribution is 9.10. The van der Waals surface area contributed by atoms with Gasteiger partial charge >= 0.3 is 0 Å². The monoisotopic (exact) mass is 311 g/mol. The van der Waals surface area contributed by atoms with Crippen molar-refractivity contribution in [3.8, 4) is 0 Å². The number of piperidine rings is 1. The molecule has 0 saturated carbocycles. The quantitative estimate of drug-likeness (QED) is 0.890. The van der Waals surface area contributed by atoms with Crippen LogP contribution in [0.25, 0.3) is 0 Å². The molecule has 0 atom stereocenters. The fraction of sp³-hybridized carbons (Fsp3) is 0.462. The van der Waals surface area contributed by atoms with E-state index in [1.54, 1.807) is 0 Å². The molecule has 1 heterocycles. The van der Waals surface area contributed by atoms with Crippen LogP contribution >= 0.6 is 15.9 Å². The minimum atomic E-state index is -0.178. The van der Waals surface area contributed by atoms with Gasteiger partial charge in [0.1, 0.15) is 0 Å². The van der Waals surface area contributed by atoms with Crippen molar-refractivity contribution in [2.24, 2.45) is 17.4 Å². The molecule has 4 nitrogen and oxygen atoms in total. The second-order valence-corrected chi connectivity index (χ2v) is 5.56. The Balaban J connectivity index is 2.14. The molecule has 4 N–H and O–H groups in total. The van der Waals surface area contributed by atoms with E-state index >= 15 is 0 Å².